The number of likely N-dealkylation sites (N-methyl/N-ethyl adjacent to an activating group) is 1. The second-order valence-corrected chi connectivity index (χ2v) is 4.23. The Labute approximate surface area is 94.8 Å². The van der Waals surface area contributed by atoms with Gasteiger partial charge in [-0.1, -0.05) is 18.7 Å². The Morgan fingerprint density at radius 3 is 3.00 bits per heavy atom. The largest absolute Gasteiger partial charge is 0.397 e. The van der Waals surface area contributed by atoms with Crippen LogP contribution in [-0.4, -0.2) is 18.6 Å². The van der Waals surface area contributed by atoms with Gasteiger partial charge in [-0.25, -0.2) is 0 Å². The van der Waals surface area contributed by atoms with Crippen LogP contribution in [0.5, 0.6) is 0 Å². The van der Waals surface area contributed by atoms with Crippen LogP contribution in [0.3, 0.4) is 0 Å². The molecular formula is C11H17N3S. The lowest BCUT2D eigenvalue weighted by molar-refractivity contribution is 0.911. The second-order valence-electron chi connectivity index (χ2n) is 3.12. The summed E-state index contributed by atoms with van der Waals surface area (Å²) >= 11 is 1.77. The Morgan fingerprint density at radius 1 is 1.67 bits per heavy atom. The highest BCUT2D eigenvalue weighted by atomic mass is 32.2. The molecule has 0 unspecified atom stereocenters. The number of thioether (sulfide) groups is 1. The molecular weight excluding hydrogens is 206 g/mol. The van der Waals surface area contributed by atoms with Crippen molar-refractivity contribution in [1.82, 2.24) is 10.3 Å². The Hall–Kier alpha value is -1.13. The topological polar surface area (TPSA) is 53.8 Å². The van der Waals surface area contributed by atoms with Crippen LogP contribution in [0.25, 0.3) is 0 Å². The van der Waals surface area contributed by atoms with E-state index in [1.165, 1.54) is 4.91 Å². The summed E-state index contributed by atoms with van der Waals surface area (Å²) in [6.45, 7) is 4.56. The highest BCUT2D eigenvalue weighted by Crippen LogP contribution is 2.23. The van der Waals surface area contributed by atoms with E-state index in [4.69, 9.17) is 5.73 Å². The molecule has 0 spiro atoms. The number of hydrogen-bond acceptors (Lipinski definition) is 3. The number of aromatic nitrogens is 1. The molecule has 0 fully saturated rings. The number of allylic oxidation sites excluding steroid dienone is 2. The van der Waals surface area contributed by atoms with Gasteiger partial charge in [0.15, 0.2) is 0 Å². The SMILES string of the molecule is C=C/C=C(/CNC)SCc1c[nH]cc1N. The minimum atomic E-state index is 0.824. The molecule has 1 rings (SSSR count). The zero-order chi connectivity index (χ0) is 11.1. The van der Waals surface area contributed by atoms with Gasteiger partial charge in [0.2, 0.25) is 0 Å². The Kier molecular flexibility index (Phi) is 5.07. The van der Waals surface area contributed by atoms with Gasteiger partial charge in [0, 0.05) is 30.3 Å². The van der Waals surface area contributed by atoms with Crippen molar-refractivity contribution >= 4 is 17.4 Å². The highest BCUT2D eigenvalue weighted by Gasteiger charge is 2.02. The monoisotopic (exact) mass is 223 g/mol. The first kappa shape index (κ1) is 11.9. The van der Waals surface area contributed by atoms with Crippen LogP contribution in [0, 0.1) is 0 Å². The summed E-state index contributed by atoms with van der Waals surface area (Å²) in [5.74, 6) is 0.886. The molecule has 15 heavy (non-hydrogen) atoms. The van der Waals surface area contributed by atoms with Crippen LogP contribution < -0.4 is 11.1 Å². The second kappa shape index (κ2) is 6.37. The molecule has 0 aromatic carbocycles. The van der Waals surface area contributed by atoms with Crippen molar-refractivity contribution in [2.45, 2.75) is 5.75 Å². The van der Waals surface area contributed by atoms with Crippen molar-refractivity contribution in [2.24, 2.45) is 0 Å². The number of hydrogen-bond donors (Lipinski definition) is 3. The standard InChI is InChI=1S/C11H17N3S/c1-3-4-10(6-13-2)15-8-9-5-14-7-11(9)12/h3-5,7,13-14H,1,6,8,12H2,2H3/b10-4-. The lowest BCUT2D eigenvalue weighted by Gasteiger charge is -2.05. The third-order valence-electron chi connectivity index (χ3n) is 1.94. The molecule has 82 valence electrons. The Balaban J connectivity index is 2.50. The summed E-state index contributed by atoms with van der Waals surface area (Å²) in [6.07, 6.45) is 7.57. The summed E-state index contributed by atoms with van der Waals surface area (Å²) in [5.41, 5.74) is 7.74. The van der Waals surface area contributed by atoms with E-state index < -0.39 is 0 Å². The van der Waals surface area contributed by atoms with Crippen LogP contribution in [-0.2, 0) is 5.75 Å². The van der Waals surface area contributed by atoms with Crippen LogP contribution in [0.4, 0.5) is 5.69 Å². The first-order valence-corrected chi connectivity index (χ1v) is 5.76. The summed E-state index contributed by atoms with van der Waals surface area (Å²) < 4.78 is 0. The molecule has 0 radical (unpaired) electrons. The predicted octanol–water partition coefficient (Wildman–Crippen LogP) is 2.12. The quantitative estimate of drug-likeness (QED) is 0.647. The number of rotatable bonds is 6. The molecule has 0 aliphatic heterocycles. The number of anilines is 1. The molecule has 0 amide bonds. The van der Waals surface area contributed by atoms with Crippen LogP contribution >= 0.6 is 11.8 Å². The predicted molar refractivity (Wildman–Crippen MR) is 68.7 cm³/mol. The molecule has 1 aromatic heterocycles. The van der Waals surface area contributed by atoms with Gasteiger partial charge >= 0.3 is 0 Å². The molecule has 0 bridgehead atoms. The molecule has 1 aromatic rings. The zero-order valence-electron chi connectivity index (χ0n) is 8.92. The molecule has 4 heteroatoms. The summed E-state index contributed by atoms with van der Waals surface area (Å²) in [7, 11) is 1.93. The van der Waals surface area contributed by atoms with Crippen LogP contribution in [0.2, 0.25) is 0 Å². The molecule has 3 nitrogen and oxygen atoms in total. The molecule has 0 aliphatic rings. The lowest BCUT2D eigenvalue weighted by Crippen LogP contribution is -2.08. The number of nitrogens with one attached hydrogen (secondary N) is 2. The van der Waals surface area contributed by atoms with E-state index >= 15 is 0 Å². The first-order chi connectivity index (χ1) is 7.27. The van der Waals surface area contributed by atoms with Crippen LogP contribution in [0.15, 0.2) is 36.0 Å². The van der Waals surface area contributed by atoms with Crippen molar-refractivity contribution in [1.29, 1.82) is 0 Å². The van der Waals surface area contributed by atoms with Gasteiger partial charge in [0.1, 0.15) is 0 Å². The first-order valence-electron chi connectivity index (χ1n) is 4.78. The number of H-pyrrole nitrogens is 1. The van der Waals surface area contributed by atoms with Crippen LogP contribution in [0.1, 0.15) is 5.56 Å². The summed E-state index contributed by atoms with van der Waals surface area (Å²) in [6, 6.07) is 0. The van der Waals surface area contributed by atoms with Gasteiger partial charge in [-0.05, 0) is 12.0 Å². The van der Waals surface area contributed by atoms with E-state index in [1.54, 1.807) is 17.8 Å². The van der Waals surface area contributed by atoms with Gasteiger partial charge in [-0.2, -0.15) is 0 Å². The number of nitrogen functional groups attached to an aromatic ring is 1. The maximum Gasteiger partial charge on any atom is 0.0532 e. The molecule has 0 atom stereocenters. The van der Waals surface area contributed by atoms with Gasteiger partial charge in [-0.15, -0.1) is 11.8 Å². The van der Waals surface area contributed by atoms with Gasteiger partial charge in [0.25, 0.3) is 0 Å². The summed E-state index contributed by atoms with van der Waals surface area (Å²) in [5, 5.41) is 3.12. The van der Waals surface area contributed by atoms with E-state index in [2.05, 4.69) is 16.9 Å². The summed E-state index contributed by atoms with van der Waals surface area (Å²) in [4.78, 5) is 4.25. The van der Waals surface area contributed by atoms with Gasteiger partial charge in [0.05, 0.1) is 5.69 Å². The Morgan fingerprint density at radius 2 is 2.47 bits per heavy atom. The third kappa shape index (κ3) is 3.85. The maximum absolute atomic E-state index is 5.77. The van der Waals surface area contributed by atoms with E-state index in [0.717, 1.165) is 23.5 Å². The van der Waals surface area contributed by atoms with Crippen molar-refractivity contribution in [3.63, 3.8) is 0 Å². The smallest absolute Gasteiger partial charge is 0.0532 e. The van der Waals surface area contributed by atoms with E-state index in [9.17, 15) is 0 Å². The molecule has 4 N–H and O–H groups in total. The number of aromatic amines is 1. The van der Waals surface area contributed by atoms with Crippen molar-refractivity contribution in [3.05, 3.63) is 41.6 Å². The van der Waals surface area contributed by atoms with Crippen molar-refractivity contribution in [3.8, 4) is 0 Å². The average Bonchev–Trinajstić information content (AvgIpc) is 2.61. The molecule has 0 saturated heterocycles. The normalized spacial score (nSPS) is 11.7. The lowest BCUT2D eigenvalue weighted by atomic mass is 10.3. The minimum absolute atomic E-state index is 0.824. The Bertz CT molecular complexity index is 341. The molecule has 0 saturated carbocycles. The van der Waals surface area contributed by atoms with Gasteiger partial charge < -0.3 is 16.0 Å². The number of nitrogens with two attached hydrogens (primary N) is 1. The van der Waals surface area contributed by atoms with E-state index in [-0.39, 0.29) is 0 Å². The van der Waals surface area contributed by atoms with Crippen molar-refractivity contribution < 1.29 is 0 Å². The molecule has 1 heterocycles. The fourth-order valence-corrected chi connectivity index (χ4v) is 2.20. The molecule has 0 aliphatic carbocycles. The fourth-order valence-electron chi connectivity index (χ4n) is 1.17. The van der Waals surface area contributed by atoms with E-state index in [0.29, 0.717) is 0 Å². The maximum atomic E-state index is 5.77. The zero-order valence-corrected chi connectivity index (χ0v) is 9.73. The van der Waals surface area contributed by atoms with Crippen molar-refractivity contribution in [2.75, 3.05) is 19.3 Å². The minimum Gasteiger partial charge on any atom is -0.397 e. The average molecular weight is 223 g/mol. The fraction of sp³-hybridized carbons (Fsp3) is 0.273. The highest BCUT2D eigenvalue weighted by molar-refractivity contribution is 8.02. The van der Waals surface area contributed by atoms with Gasteiger partial charge in [-0.3, -0.25) is 0 Å². The van der Waals surface area contributed by atoms with E-state index in [1.807, 2.05) is 25.5 Å². The third-order valence-corrected chi connectivity index (χ3v) is 3.04.